The minimum Gasteiger partial charge on any atom is -0.353 e. The van der Waals surface area contributed by atoms with Crippen LogP contribution in [0.2, 0.25) is 0 Å². The molecule has 0 radical (unpaired) electrons. The zero-order chi connectivity index (χ0) is 21.1. The number of ether oxygens (including phenoxy) is 1. The summed E-state index contributed by atoms with van der Waals surface area (Å²) in [6, 6.07) is 10.2. The Morgan fingerprint density at radius 3 is 2.60 bits per heavy atom. The van der Waals surface area contributed by atoms with Crippen LogP contribution in [0.4, 0.5) is 4.39 Å². The fraction of sp³-hybridized carbons (Fsp3) is 0.435. The molecule has 30 heavy (non-hydrogen) atoms. The number of halogens is 1. The zero-order valence-corrected chi connectivity index (χ0v) is 17.0. The van der Waals surface area contributed by atoms with E-state index in [1.807, 2.05) is 18.2 Å². The van der Waals surface area contributed by atoms with Crippen molar-refractivity contribution < 1.29 is 18.7 Å². The van der Waals surface area contributed by atoms with Gasteiger partial charge in [0.2, 0.25) is 5.91 Å². The van der Waals surface area contributed by atoms with Crippen molar-refractivity contribution in [1.29, 1.82) is 0 Å². The molecule has 1 saturated heterocycles. The zero-order valence-electron chi connectivity index (χ0n) is 17.0. The third-order valence-electron chi connectivity index (χ3n) is 6.10. The van der Waals surface area contributed by atoms with Crippen LogP contribution in [0.3, 0.4) is 0 Å². The van der Waals surface area contributed by atoms with Gasteiger partial charge in [-0.2, -0.15) is 0 Å². The van der Waals surface area contributed by atoms with Crippen molar-refractivity contribution in [2.45, 2.75) is 50.9 Å². The summed E-state index contributed by atoms with van der Waals surface area (Å²) in [6.45, 7) is 2.61. The van der Waals surface area contributed by atoms with E-state index < -0.39 is 17.6 Å². The first-order valence-corrected chi connectivity index (χ1v) is 10.4. The Morgan fingerprint density at radius 2 is 1.93 bits per heavy atom. The molecule has 1 saturated carbocycles. The summed E-state index contributed by atoms with van der Waals surface area (Å²) in [7, 11) is 0. The lowest BCUT2D eigenvalue weighted by molar-refractivity contribution is -0.128. The molecule has 6 nitrogen and oxygen atoms in total. The molecule has 1 N–H and O–H groups in total. The molecule has 158 valence electrons. The Bertz CT molecular complexity index is 896. The van der Waals surface area contributed by atoms with E-state index >= 15 is 0 Å². The molecule has 7 heteroatoms. The highest BCUT2D eigenvalue weighted by Crippen LogP contribution is 2.43. The number of hydrogen-bond acceptors (Lipinski definition) is 4. The molecule has 4 rings (SSSR count). The minimum atomic E-state index is -0.787. The molecule has 2 aromatic rings. The molecular weight excluding hydrogens is 385 g/mol. The number of aromatic nitrogens is 1. The summed E-state index contributed by atoms with van der Waals surface area (Å²) in [5.74, 6) is -0.430. The number of benzene rings is 1. The standard InChI is InChI=1S/C23H26FN3O3/c1-16-9-11-23(12-10-16)27(22(29)17-5-7-18(24)8-6-17)20(15-30-23)21(28)26-14-19-4-2-3-13-25-19/h2-8,13,16,20H,9-12,14-15H2,1H3,(H,26,28). The van der Waals surface area contributed by atoms with Crippen molar-refractivity contribution in [3.05, 3.63) is 65.7 Å². The van der Waals surface area contributed by atoms with E-state index in [9.17, 15) is 14.0 Å². The number of nitrogens with zero attached hydrogens (tertiary/aromatic N) is 2. The predicted octanol–water partition coefficient (Wildman–Crippen LogP) is 3.28. The second-order valence-corrected chi connectivity index (χ2v) is 8.18. The van der Waals surface area contributed by atoms with Gasteiger partial charge < -0.3 is 10.1 Å². The lowest BCUT2D eigenvalue weighted by atomic mass is 9.83. The Hall–Kier alpha value is -2.80. The number of hydrogen-bond donors (Lipinski definition) is 1. The Labute approximate surface area is 175 Å². The number of carbonyl (C=O) groups is 2. The lowest BCUT2D eigenvalue weighted by Crippen LogP contribution is -2.56. The molecule has 1 aliphatic carbocycles. The maximum Gasteiger partial charge on any atom is 0.256 e. The van der Waals surface area contributed by atoms with Gasteiger partial charge >= 0.3 is 0 Å². The Kier molecular flexibility index (Phi) is 5.81. The van der Waals surface area contributed by atoms with E-state index in [1.54, 1.807) is 11.1 Å². The van der Waals surface area contributed by atoms with Gasteiger partial charge in [-0.1, -0.05) is 13.0 Å². The first-order valence-electron chi connectivity index (χ1n) is 10.4. The predicted molar refractivity (Wildman–Crippen MR) is 109 cm³/mol. The summed E-state index contributed by atoms with van der Waals surface area (Å²) >= 11 is 0. The topological polar surface area (TPSA) is 71.5 Å². The van der Waals surface area contributed by atoms with E-state index in [-0.39, 0.29) is 25.0 Å². The number of rotatable bonds is 4. The maximum absolute atomic E-state index is 13.4. The molecule has 2 amide bonds. The molecule has 1 unspecified atom stereocenters. The van der Waals surface area contributed by atoms with Crippen LogP contribution in [0.25, 0.3) is 0 Å². The van der Waals surface area contributed by atoms with Gasteiger partial charge in [0, 0.05) is 11.8 Å². The van der Waals surface area contributed by atoms with Gasteiger partial charge in [-0.05, 0) is 68.0 Å². The van der Waals surface area contributed by atoms with Crippen molar-refractivity contribution >= 4 is 11.8 Å². The molecule has 1 aliphatic heterocycles. The third-order valence-corrected chi connectivity index (χ3v) is 6.10. The Morgan fingerprint density at radius 1 is 1.20 bits per heavy atom. The van der Waals surface area contributed by atoms with Crippen molar-refractivity contribution in [2.75, 3.05) is 6.61 Å². The van der Waals surface area contributed by atoms with E-state index in [0.717, 1.165) is 18.5 Å². The van der Waals surface area contributed by atoms with Gasteiger partial charge in [0.1, 0.15) is 17.6 Å². The van der Waals surface area contributed by atoms with Gasteiger partial charge in [0.15, 0.2) is 0 Å². The average molecular weight is 411 g/mol. The number of nitrogens with one attached hydrogen (secondary N) is 1. The monoisotopic (exact) mass is 411 g/mol. The number of amides is 2. The Balaban J connectivity index is 1.57. The van der Waals surface area contributed by atoms with Gasteiger partial charge in [0.25, 0.3) is 5.91 Å². The molecular formula is C23H26FN3O3. The first-order chi connectivity index (χ1) is 14.5. The highest BCUT2D eigenvalue weighted by atomic mass is 19.1. The van der Waals surface area contributed by atoms with Crippen LogP contribution in [-0.4, -0.2) is 40.1 Å². The third kappa shape index (κ3) is 4.07. The highest BCUT2D eigenvalue weighted by molar-refractivity contribution is 5.98. The summed E-state index contributed by atoms with van der Waals surface area (Å²) in [4.78, 5) is 32.3. The second-order valence-electron chi connectivity index (χ2n) is 8.18. The van der Waals surface area contributed by atoms with Gasteiger partial charge in [0.05, 0.1) is 18.8 Å². The van der Waals surface area contributed by atoms with Crippen molar-refractivity contribution in [3.63, 3.8) is 0 Å². The normalized spacial score (nSPS) is 26.0. The summed E-state index contributed by atoms with van der Waals surface area (Å²) < 4.78 is 19.5. The van der Waals surface area contributed by atoms with Crippen LogP contribution in [0.1, 0.15) is 48.7 Å². The molecule has 2 heterocycles. The largest absolute Gasteiger partial charge is 0.353 e. The van der Waals surface area contributed by atoms with Crippen LogP contribution >= 0.6 is 0 Å². The molecule has 1 aromatic heterocycles. The highest BCUT2D eigenvalue weighted by Gasteiger charge is 2.53. The molecule has 2 aliphatic rings. The van der Waals surface area contributed by atoms with Crippen molar-refractivity contribution in [1.82, 2.24) is 15.2 Å². The quantitative estimate of drug-likeness (QED) is 0.838. The SMILES string of the molecule is CC1CCC2(CC1)OCC(C(=O)NCc1ccccn1)N2C(=O)c1ccc(F)cc1. The molecule has 2 fully saturated rings. The number of pyridine rings is 1. The van der Waals surface area contributed by atoms with Crippen molar-refractivity contribution in [3.8, 4) is 0 Å². The minimum absolute atomic E-state index is 0.148. The fourth-order valence-corrected chi connectivity index (χ4v) is 4.31. The van der Waals surface area contributed by atoms with Crippen LogP contribution in [0, 0.1) is 11.7 Å². The van der Waals surface area contributed by atoms with Gasteiger partial charge in [-0.25, -0.2) is 4.39 Å². The molecule has 1 aromatic carbocycles. The first kappa shape index (κ1) is 20.5. The van der Waals surface area contributed by atoms with Gasteiger partial charge in [-0.15, -0.1) is 0 Å². The van der Waals surface area contributed by atoms with E-state index in [0.29, 0.717) is 24.3 Å². The molecule has 1 atom stereocenters. The van der Waals surface area contributed by atoms with Crippen LogP contribution in [0.15, 0.2) is 48.7 Å². The lowest BCUT2D eigenvalue weighted by Gasteiger charge is -2.43. The maximum atomic E-state index is 13.4. The van der Waals surface area contributed by atoms with E-state index in [4.69, 9.17) is 4.74 Å². The van der Waals surface area contributed by atoms with Crippen LogP contribution < -0.4 is 5.32 Å². The molecule has 1 spiro atoms. The average Bonchev–Trinajstić information content (AvgIpc) is 3.14. The smallest absolute Gasteiger partial charge is 0.256 e. The summed E-state index contributed by atoms with van der Waals surface area (Å²) in [6.07, 6.45) is 4.89. The van der Waals surface area contributed by atoms with Crippen LogP contribution in [0.5, 0.6) is 0 Å². The number of carbonyl (C=O) groups excluding carboxylic acids is 2. The van der Waals surface area contributed by atoms with E-state index in [1.165, 1.54) is 24.3 Å². The van der Waals surface area contributed by atoms with Crippen molar-refractivity contribution in [2.24, 2.45) is 5.92 Å². The van der Waals surface area contributed by atoms with Gasteiger partial charge in [-0.3, -0.25) is 19.5 Å². The molecule has 0 bridgehead atoms. The summed E-state index contributed by atoms with van der Waals surface area (Å²) in [5.41, 5.74) is 0.301. The van der Waals surface area contributed by atoms with Crippen LogP contribution in [-0.2, 0) is 16.1 Å². The summed E-state index contributed by atoms with van der Waals surface area (Å²) in [5, 5.41) is 2.88. The van der Waals surface area contributed by atoms with E-state index in [2.05, 4.69) is 17.2 Å². The fourth-order valence-electron chi connectivity index (χ4n) is 4.31. The second kappa shape index (κ2) is 8.52.